The Labute approximate surface area is 482 Å². The molecule has 11 nitrogen and oxygen atoms in total. The first kappa shape index (κ1) is 53.5. The van der Waals surface area contributed by atoms with Crippen molar-refractivity contribution >= 4 is 44.2 Å². The fraction of sp³-hybridized carbons (Fsp3) is 0.320. The topological polar surface area (TPSA) is 121 Å². The Morgan fingerprint density at radius 1 is 0.701 bits per heavy atom. The van der Waals surface area contributed by atoms with E-state index in [0.717, 1.165) is 66.6 Å². The molecule has 0 radical (unpaired) electrons. The number of benzene rings is 4. The Morgan fingerprint density at radius 2 is 1.21 bits per heavy atom. The van der Waals surface area contributed by atoms with E-state index in [1.807, 2.05) is 28.8 Å². The van der Waals surface area contributed by atoms with Gasteiger partial charge in [0.15, 0.2) is 1.37 Å². The van der Waals surface area contributed by atoms with Crippen LogP contribution in [-0.2, 0) is 40.5 Å². The Bertz CT molecular complexity index is 2950. The van der Waals surface area contributed by atoms with Gasteiger partial charge < -0.3 is 19.5 Å². The van der Waals surface area contributed by atoms with Gasteiger partial charge in [-0.15, -0.1) is 0 Å². The second-order valence-corrected chi connectivity index (χ2v) is 17.0. The molecule has 6 aromatic rings. The van der Waals surface area contributed by atoms with Crippen molar-refractivity contribution in [3.8, 4) is 23.7 Å². The molecular formula is C50H47BrF3K2N6O5+. The zero-order chi connectivity index (χ0) is 46.4. The molecule has 2 fully saturated rings. The van der Waals surface area contributed by atoms with Crippen molar-refractivity contribution < 1.29 is 132 Å². The van der Waals surface area contributed by atoms with Crippen molar-refractivity contribution in [1.82, 2.24) is 29.3 Å². The van der Waals surface area contributed by atoms with Gasteiger partial charge in [-0.3, -0.25) is 28.4 Å². The molecule has 0 bridgehead atoms. The van der Waals surface area contributed by atoms with E-state index in [1.165, 1.54) is 62.8 Å². The molecule has 0 amide bonds. The van der Waals surface area contributed by atoms with Gasteiger partial charge in [-0.1, -0.05) is 64.6 Å². The van der Waals surface area contributed by atoms with Crippen LogP contribution in [0.5, 0.6) is 0 Å². The van der Waals surface area contributed by atoms with Gasteiger partial charge in [0.1, 0.15) is 23.3 Å². The Kier molecular flexibility index (Phi) is 22.5. The Hall–Kier alpha value is -2.83. The van der Waals surface area contributed by atoms with Gasteiger partial charge in [-0.05, 0) is 105 Å². The molecule has 0 unspecified atom stereocenters. The van der Waals surface area contributed by atoms with Crippen molar-refractivity contribution in [3.63, 3.8) is 0 Å². The molecule has 0 atom stereocenters. The number of alkyl halides is 1. The first-order valence-corrected chi connectivity index (χ1v) is 22.4. The molecule has 4 aliphatic rings. The number of nitrogens with zero attached hydrogens (tertiary/aromatic N) is 5. The van der Waals surface area contributed by atoms with Gasteiger partial charge in [0.25, 0.3) is 11.1 Å². The van der Waals surface area contributed by atoms with Gasteiger partial charge in [0.05, 0.1) is 21.8 Å². The van der Waals surface area contributed by atoms with Crippen molar-refractivity contribution in [2.24, 2.45) is 0 Å². The van der Waals surface area contributed by atoms with Gasteiger partial charge in [-0.2, -0.15) is 0 Å². The van der Waals surface area contributed by atoms with Gasteiger partial charge in [0.2, 0.25) is 0 Å². The summed E-state index contributed by atoms with van der Waals surface area (Å²) >= 11 is 3.46. The summed E-state index contributed by atoms with van der Waals surface area (Å²) in [5, 5.41) is 4.50. The van der Waals surface area contributed by atoms with E-state index in [0.29, 0.717) is 52.1 Å². The fourth-order valence-electron chi connectivity index (χ4n) is 7.57. The van der Waals surface area contributed by atoms with Crippen LogP contribution in [0.4, 0.5) is 13.2 Å². The maximum absolute atomic E-state index is 13.3. The number of aromatic nitrogens is 4. The van der Waals surface area contributed by atoms with Crippen molar-refractivity contribution in [3.05, 3.63) is 158 Å². The van der Waals surface area contributed by atoms with E-state index >= 15 is 0 Å². The van der Waals surface area contributed by atoms with E-state index in [2.05, 4.69) is 64.6 Å². The second-order valence-electron chi connectivity index (χ2n) is 15.7. The van der Waals surface area contributed by atoms with E-state index in [9.17, 15) is 27.6 Å². The average molecular weight is 1030 g/mol. The molecule has 1 N–H and O–H groups in total. The summed E-state index contributed by atoms with van der Waals surface area (Å²) < 4.78 is 46.7. The third-order valence-electron chi connectivity index (χ3n) is 11.4. The molecule has 336 valence electrons. The number of carbonyl (C=O) groups is 1. The summed E-state index contributed by atoms with van der Waals surface area (Å²) in [4.78, 5) is 54.5. The first-order valence-electron chi connectivity index (χ1n) is 22.0. The molecule has 4 aromatic carbocycles. The maximum Gasteiger partial charge on any atom is 1.00 e. The molecule has 0 saturated heterocycles. The van der Waals surface area contributed by atoms with E-state index in [1.54, 1.807) is 41.0 Å². The van der Waals surface area contributed by atoms with Gasteiger partial charge in [0, 0.05) is 85.2 Å². The zero-order valence-electron chi connectivity index (χ0n) is 38.5. The molecule has 67 heavy (non-hydrogen) atoms. The predicted molar refractivity (Wildman–Crippen MR) is 246 cm³/mol. The van der Waals surface area contributed by atoms with Crippen LogP contribution < -0.4 is 119 Å². The van der Waals surface area contributed by atoms with E-state index in [-0.39, 0.29) is 132 Å². The van der Waals surface area contributed by atoms with Gasteiger partial charge in [-0.25, -0.2) is 18.7 Å². The molecule has 0 spiro atoms. The SMILES string of the molecule is BrC1CCC1.O=c1c2ccc(C#Cc3cccc(F)c3)cc2nc2n1CCN(C1CCC1)CC2.O=c1c2ccc(C#Cc3cccc(F)c3)cc2nc2n1CCNCC2.[2H]C(=O)OO[CH-]F.[K+].[K+]. The maximum atomic E-state index is 13.3. The molecule has 4 heterocycles. The monoisotopic (exact) mass is 1030 g/mol. The van der Waals surface area contributed by atoms with Crippen LogP contribution in [0, 0.1) is 42.2 Å². The number of hydrogen-bond donors (Lipinski definition) is 1. The molecule has 2 aliphatic carbocycles. The van der Waals surface area contributed by atoms with Crippen LogP contribution in [0.1, 0.15) is 73.8 Å². The summed E-state index contributed by atoms with van der Waals surface area (Å²) in [6.45, 7) is 4.47. The Morgan fingerprint density at radius 3 is 1.66 bits per heavy atom. The molecule has 10 rings (SSSR count). The van der Waals surface area contributed by atoms with Crippen LogP contribution in [0.25, 0.3) is 21.8 Å². The smallest absolute Gasteiger partial charge is 0.426 e. The van der Waals surface area contributed by atoms with Crippen LogP contribution in [0.3, 0.4) is 0 Å². The summed E-state index contributed by atoms with van der Waals surface area (Å²) in [6.07, 6.45) is 8.19. The van der Waals surface area contributed by atoms with Crippen LogP contribution in [0.15, 0.2) is 94.5 Å². The summed E-state index contributed by atoms with van der Waals surface area (Å²) in [7, 11) is 0. The van der Waals surface area contributed by atoms with Crippen LogP contribution in [0.2, 0.25) is 0 Å². The van der Waals surface area contributed by atoms with Crippen LogP contribution >= 0.6 is 15.9 Å². The quantitative estimate of drug-likeness (QED) is 0.0537. The second kappa shape index (κ2) is 28.1. The number of nitrogens with one attached hydrogen (secondary N) is 1. The van der Waals surface area contributed by atoms with Crippen LogP contribution in [-0.4, -0.2) is 67.5 Å². The average Bonchev–Trinajstić information content (AvgIpc) is 3.65. The number of halogens is 4. The molecule has 2 saturated carbocycles. The summed E-state index contributed by atoms with van der Waals surface area (Å²) in [5.41, 5.74) is 4.12. The third kappa shape index (κ3) is 15.8. The minimum absolute atomic E-state index is 0. The van der Waals surface area contributed by atoms with Crippen molar-refractivity contribution in [1.29, 1.82) is 0 Å². The normalized spacial score (nSPS) is 15.3. The fourth-order valence-corrected chi connectivity index (χ4v) is 8.21. The number of fused-ring (bicyclic) bond motifs is 4. The standard InChI is InChI=1S/C24H22FN3O.C20H16FN3O.C4H7Br.C2H2FO3.2K/c25-19-4-1-3-17(15-19)7-8-18-9-10-21-22(16-18)26-23-11-12-27(20-5-2-6-20)13-14-28(23)24(21)29;21-16-3-1-2-14(12-16)4-5-15-6-7-17-18(13-15)23-19-8-9-22-10-11-24(19)20(17)25;5-4-2-1-3-4;3-1-5-6-2-4;;/h1,3-4,9-10,15-16,20H,2,5-6,11-14H2;1-3,6-7,12-13,22H,8-11H2;4H,1-3H2;1-2H;;/q;;;-1;2*+1/i;;;2D;;. The molecule has 2 aliphatic heterocycles. The summed E-state index contributed by atoms with van der Waals surface area (Å²) in [6, 6.07) is 24.0. The van der Waals surface area contributed by atoms with Crippen molar-refractivity contribution in [2.45, 2.75) is 75.3 Å². The minimum atomic E-state index is -1.44. The van der Waals surface area contributed by atoms with Gasteiger partial charge >= 0.3 is 109 Å². The Balaban J connectivity index is 0.000000201. The molecular weight excluding hydrogens is 980 g/mol. The summed E-state index contributed by atoms with van der Waals surface area (Å²) in [5.74, 6) is 13.0. The van der Waals surface area contributed by atoms with E-state index in [4.69, 9.17) is 6.35 Å². The predicted octanol–water partition coefficient (Wildman–Crippen LogP) is 1.55. The number of hydrogen-bond acceptors (Lipinski definition) is 9. The van der Waals surface area contributed by atoms with E-state index < -0.39 is 6.45 Å². The molecule has 2 aromatic heterocycles. The minimum Gasteiger partial charge on any atom is -0.426 e. The largest absolute Gasteiger partial charge is 1.00 e. The first-order chi connectivity index (χ1) is 32.0. The number of carbonyl (C=O) groups excluding carboxylic acids is 1. The van der Waals surface area contributed by atoms with Crippen molar-refractivity contribution in [2.75, 3.05) is 26.2 Å². The number of rotatable bonds is 3. The zero-order valence-corrected chi connectivity index (χ0v) is 45.3. The molecule has 17 heteroatoms. The third-order valence-corrected chi connectivity index (χ3v) is 12.4.